The van der Waals surface area contributed by atoms with Gasteiger partial charge in [-0.15, -0.1) is 0 Å². The fourth-order valence-corrected chi connectivity index (χ4v) is 3.39. The van der Waals surface area contributed by atoms with Gasteiger partial charge in [0.05, 0.1) is 25.4 Å². The van der Waals surface area contributed by atoms with E-state index < -0.39 is 9.84 Å². The summed E-state index contributed by atoms with van der Waals surface area (Å²) in [7, 11) is 2.74. The van der Waals surface area contributed by atoms with Gasteiger partial charge in [0, 0.05) is 18.8 Å². The topological polar surface area (TPSA) is 83.0 Å². The van der Waals surface area contributed by atoms with Crippen molar-refractivity contribution in [1.82, 2.24) is 15.5 Å². The molecule has 2 N–H and O–H groups in total. The Morgan fingerprint density at radius 3 is 2.59 bits per heavy atom. The molecule has 27 heavy (non-hydrogen) atoms. The summed E-state index contributed by atoms with van der Waals surface area (Å²) < 4.78 is 28.0. The zero-order chi connectivity index (χ0) is 20.4. The van der Waals surface area contributed by atoms with Gasteiger partial charge >= 0.3 is 0 Å². The molecule has 0 bridgehead atoms. The van der Waals surface area contributed by atoms with E-state index in [1.54, 1.807) is 7.11 Å². The maximum atomic E-state index is 11.4. The fourth-order valence-electron chi connectivity index (χ4n) is 2.61. The minimum atomic E-state index is -2.97. The summed E-state index contributed by atoms with van der Waals surface area (Å²) >= 11 is 0. The van der Waals surface area contributed by atoms with Crippen molar-refractivity contribution < 1.29 is 13.2 Å². The van der Waals surface area contributed by atoms with Gasteiger partial charge in [0.2, 0.25) is 0 Å². The molecule has 1 rings (SSSR count). The van der Waals surface area contributed by atoms with E-state index in [1.165, 1.54) is 6.26 Å². The second kappa shape index (κ2) is 11.1. The molecule has 0 radical (unpaired) electrons. The molecule has 0 aliphatic heterocycles. The van der Waals surface area contributed by atoms with Gasteiger partial charge in [0.25, 0.3) is 0 Å². The summed E-state index contributed by atoms with van der Waals surface area (Å²) in [4.78, 5) is 6.83. The lowest BCUT2D eigenvalue weighted by Gasteiger charge is -2.24. The van der Waals surface area contributed by atoms with Gasteiger partial charge in [-0.25, -0.2) is 8.42 Å². The molecular weight excluding hydrogens is 364 g/mol. The van der Waals surface area contributed by atoms with Gasteiger partial charge < -0.3 is 20.3 Å². The van der Waals surface area contributed by atoms with E-state index in [0.29, 0.717) is 18.9 Å². The molecule has 2 unspecified atom stereocenters. The third-order valence-corrected chi connectivity index (χ3v) is 5.15. The highest BCUT2D eigenvalue weighted by atomic mass is 32.2. The van der Waals surface area contributed by atoms with Crippen LogP contribution in [0.3, 0.4) is 0 Å². The molecule has 1 aromatic rings. The molecule has 2 atom stereocenters. The predicted molar refractivity (Wildman–Crippen MR) is 112 cm³/mol. The monoisotopic (exact) mass is 398 g/mol. The summed E-state index contributed by atoms with van der Waals surface area (Å²) in [6, 6.07) is 8.10. The lowest BCUT2D eigenvalue weighted by atomic mass is 10.1. The third kappa shape index (κ3) is 9.10. The lowest BCUT2D eigenvalue weighted by Crippen LogP contribution is -2.43. The summed E-state index contributed by atoms with van der Waals surface area (Å²) in [6.07, 6.45) is 1.80. The quantitative estimate of drug-likeness (QED) is 0.461. The van der Waals surface area contributed by atoms with Crippen molar-refractivity contribution in [3.05, 3.63) is 29.8 Å². The van der Waals surface area contributed by atoms with Gasteiger partial charge in [-0.05, 0) is 52.1 Å². The van der Waals surface area contributed by atoms with Crippen molar-refractivity contribution in [2.45, 2.75) is 32.4 Å². The zero-order valence-electron chi connectivity index (χ0n) is 17.3. The van der Waals surface area contributed by atoms with Crippen molar-refractivity contribution in [2.24, 2.45) is 4.99 Å². The van der Waals surface area contributed by atoms with Crippen molar-refractivity contribution in [2.75, 3.05) is 46.3 Å². The largest absolute Gasteiger partial charge is 0.497 e. The number of likely N-dealkylation sites (N-methyl/N-ethyl adjacent to an activating group) is 1. The minimum absolute atomic E-state index is 0.00662. The SMILES string of the molecule is CCNC(=NCC(c1cccc(OC)c1)N(C)C)NC(C)CCS(C)(=O)=O. The number of guanidine groups is 1. The second-order valence-electron chi connectivity index (χ2n) is 6.94. The van der Waals surface area contributed by atoms with Crippen LogP contribution in [-0.4, -0.2) is 71.6 Å². The van der Waals surface area contributed by atoms with Crippen LogP contribution in [0.4, 0.5) is 0 Å². The molecule has 8 heteroatoms. The average Bonchev–Trinajstić information content (AvgIpc) is 2.59. The normalized spacial score (nSPS) is 14.7. The first kappa shape index (κ1) is 23.2. The van der Waals surface area contributed by atoms with E-state index in [4.69, 9.17) is 9.73 Å². The van der Waals surface area contributed by atoms with Crippen LogP contribution >= 0.6 is 0 Å². The van der Waals surface area contributed by atoms with E-state index in [9.17, 15) is 8.42 Å². The van der Waals surface area contributed by atoms with Gasteiger partial charge in [-0.1, -0.05) is 12.1 Å². The first-order valence-corrected chi connectivity index (χ1v) is 11.2. The predicted octanol–water partition coefficient (Wildman–Crippen LogP) is 1.68. The van der Waals surface area contributed by atoms with E-state index in [2.05, 4.69) is 21.6 Å². The number of aliphatic imine (C=N–C) groups is 1. The van der Waals surface area contributed by atoms with Crippen molar-refractivity contribution >= 4 is 15.8 Å². The summed E-state index contributed by atoms with van der Waals surface area (Å²) in [5.41, 5.74) is 1.13. The number of sulfone groups is 1. The second-order valence-corrected chi connectivity index (χ2v) is 9.20. The zero-order valence-corrected chi connectivity index (χ0v) is 18.1. The minimum Gasteiger partial charge on any atom is -0.497 e. The fraction of sp³-hybridized carbons (Fsp3) is 0.632. The van der Waals surface area contributed by atoms with Gasteiger partial charge in [-0.3, -0.25) is 4.99 Å². The number of benzene rings is 1. The first-order chi connectivity index (χ1) is 12.7. The third-order valence-electron chi connectivity index (χ3n) is 4.17. The van der Waals surface area contributed by atoms with Gasteiger partial charge in [0.1, 0.15) is 15.6 Å². The van der Waals surface area contributed by atoms with Gasteiger partial charge in [0.15, 0.2) is 5.96 Å². The van der Waals surface area contributed by atoms with Crippen LogP contribution in [0.5, 0.6) is 5.75 Å². The Hall–Kier alpha value is -1.80. The van der Waals surface area contributed by atoms with Crippen molar-refractivity contribution in [3.8, 4) is 5.75 Å². The molecule has 0 aliphatic carbocycles. The maximum Gasteiger partial charge on any atom is 0.191 e. The van der Waals surface area contributed by atoms with Crippen molar-refractivity contribution in [1.29, 1.82) is 0 Å². The molecule has 0 saturated carbocycles. The Bertz CT molecular complexity index is 705. The van der Waals surface area contributed by atoms with Crippen LogP contribution in [0.1, 0.15) is 31.9 Å². The Morgan fingerprint density at radius 1 is 1.33 bits per heavy atom. The highest BCUT2D eigenvalue weighted by molar-refractivity contribution is 7.90. The Labute approximate surface area is 164 Å². The summed E-state index contributed by atoms with van der Waals surface area (Å²) in [6.45, 7) is 5.26. The molecule has 0 saturated heterocycles. The van der Waals surface area contributed by atoms with Crippen LogP contribution in [0.2, 0.25) is 0 Å². The van der Waals surface area contributed by atoms with Crippen LogP contribution < -0.4 is 15.4 Å². The van der Waals surface area contributed by atoms with Crippen LogP contribution in [-0.2, 0) is 9.84 Å². The Balaban J connectivity index is 2.85. The smallest absolute Gasteiger partial charge is 0.191 e. The van der Waals surface area contributed by atoms with Crippen LogP contribution in [0.15, 0.2) is 29.3 Å². The van der Waals surface area contributed by atoms with Crippen LogP contribution in [0, 0.1) is 0 Å². The number of rotatable bonds is 10. The Morgan fingerprint density at radius 2 is 2.04 bits per heavy atom. The maximum absolute atomic E-state index is 11.4. The molecule has 0 heterocycles. The highest BCUT2D eigenvalue weighted by Gasteiger charge is 2.15. The number of nitrogens with zero attached hydrogens (tertiary/aromatic N) is 2. The van der Waals surface area contributed by atoms with E-state index in [1.807, 2.05) is 46.1 Å². The standard InChI is InChI=1S/C19H34N4O3S/c1-7-20-19(22-15(2)11-12-27(6,24)25)21-14-18(23(3)4)16-9-8-10-17(13-16)26-5/h8-10,13,15,18H,7,11-12,14H2,1-6H3,(H2,20,21,22). The molecule has 0 aliphatic rings. The average molecular weight is 399 g/mol. The molecule has 0 aromatic heterocycles. The molecule has 0 spiro atoms. The van der Waals surface area contributed by atoms with Crippen LogP contribution in [0.25, 0.3) is 0 Å². The first-order valence-electron chi connectivity index (χ1n) is 9.19. The molecule has 0 fully saturated rings. The molecule has 154 valence electrons. The molecular formula is C19H34N4O3S. The summed E-state index contributed by atoms with van der Waals surface area (Å²) in [5.74, 6) is 1.67. The number of methoxy groups -OCH3 is 1. The van der Waals surface area contributed by atoms with Gasteiger partial charge in [-0.2, -0.15) is 0 Å². The van der Waals surface area contributed by atoms with Crippen molar-refractivity contribution in [3.63, 3.8) is 0 Å². The number of hydrogen-bond acceptors (Lipinski definition) is 5. The van der Waals surface area contributed by atoms with E-state index in [0.717, 1.165) is 17.9 Å². The molecule has 0 amide bonds. The highest BCUT2D eigenvalue weighted by Crippen LogP contribution is 2.22. The molecule has 1 aromatic carbocycles. The van der Waals surface area contributed by atoms with E-state index in [-0.39, 0.29) is 17.8 Å². The number of nitrogens with one attached hydrogen (secondary N) is 2. The Kier molecular flexibility index (Phi) is 9.59. The number of hydrogen-bond donors (Lipinski definition) is 2. The number of ether oxygens (including phenoxy) is 1. The van der Waals surface area contributed by atoms with E-state index >= 15 is 0 Å². The lowest BCUT2D eigenvalue weighted by molar-refractivity contribution is 0.305. The molecule has 7 nitrogen and oxygen atoms in total. The summed E-state index contributed by atoms with van der Waals surface area (Å²) in [5, 5.41) is 6.52.